The lowest BCUT2D eigenvalue weighted by Crippen LogP contribution is -2.34. The molecule has 53 heavy (non-hydrogen) atoms. The molecule has 3 atom stereocenters. The Hall–Kier alpha value is -2.04. The van der Waals surface area contributed by atoms with E-state index in [0.717, 1.165) is 57.8 Å². The van der Waals surface area contributed by atoms with E-state index in [9.17, 15) is 23.8 Å². The van der Waals surface area contributed by atoms with Crippen molar-refractivity contribution in [2.24, 2.45) is 5.73 Å². The van der Waals surface area contributed by atoms with Crippen LogP contribution in [0, 0.1) is 0 Å². The van der Waals surface area contributed by atoms with Crippen molar-refractivity contribution in [2.75, 3.05) is 19.8 Å². The fraction of sp³-hybridized carbons (Fsp3) is 0.829. The Labute approximate surface area is 321 Å². The molecule has 0 heterocycles. The second kappa shape index (κ2) is 36.9. The second-order valence-electron chi connectivity index (χ2n) is 14.1. The fourth-order valence-electron chi connectivity index (χ4n) is 5.62. The van der Waals surface area contributed by atoms with Crippen molar-refractivity contribution < 1.29 is 47.5 Å². The van der Waals surface area contributed by atoms with Gasteiger partial charge < -0.3 is 25.2 Å². The van der Waals surface area contributed by atoms with Gasteiger partial charge in [-0.05, 0) is 44.9 Å². The number of carboxylic acids is 1. The fourth-order valence-corrected chi connectivity index (χ4v) is 6.40. The van der Waals surface area contributed by atoms with Gasteiger partial charge in [0.1, 0.15) is 12.6 Å². The highest BCUT2D eigenvalue weighted by atomic mass is 31.2. The van der Waals surface area contributed by atoms with Gasteiger partial charge >= 0.3 is 25.7 Å². The molecule has 0 saturated carbocycles. The standard InChI is InChI=1S/C41H76NO10P/c1-3-5-7-9-11-13-15-17-18-19-20-21-23-25-27-29-31-33-40(44)52-37(35-50-53(47,48)51-36-38(42)41(45)46)34-49-39(43)32-30-28-26-24-22-16-14-12-10-8-6-4-2/h11,13,17-18,37-38H,3-10,12,14-16,19-36,42H2,1-2H3,(H,45,46)(H,47,48)/b13-11-,18-17-/t37-,38+/m1/s1. The summed E-state index contributed by atoms with van der Waals surface area (Å²) in [6.45, 7) is 2.77. The SMILES string of the molecule is CCCCC/C=C\C/C=C\CCCCCCCCCC(=O)O[C@H](COC(=O)CCCCCCCCCCCCCC)COP(=O)(O)OC[C@H](N)C(=O)O. The summed E-state index contributed by atoms with van der Waals surface area (Å²) < 4.78 is 32.6. The van der Waals surface area contributed by atoms with Gasteiger partial charge in [-0.25, -0.2) is 4.57 Å². The predicted octanol–water partition coefficient (Wildman–Crippen LogP) is 10.7. The Balaban J connectivity index is 4.38. The van der Waals surface area contributed by atoms with Crippen molar-refractivity contribution in [3.63, 3.8) is 0 Å². The molecule has 0 amide bonds. The van der Waals surface area contributed by atoms with Gasteiger partial charge in [0, 0.05) is 12.8 Å². The molecule has 0 aliphatic rings. The Kier molecular flexibility index (Phi) is 35.5. The van der Waals surface area contributed by atoms with Crippen LogP contribution in [0.25, 0.3) is 0 Å². The molecule has 0 radical (unpaired) electrons. The molecule has 0 bridgehead atoms. The zero-order valence-corrected chi connectivity index (χ0v) is 34.3. The molecule has 0 aromatic rings. The molecule has 0 aromatic carbocycles. The van der Waals surface area contributed by atoms with Gasteiger partial charge in [-0.1, -0.05) is 154 Å². The first-order valence-electron chi connectivity index (χ1n) is 20.9. The monoisotopic (exact) mass is 774 g/mol. The minimum atomic E-state index is -4.71. The quantitative estimate of drug-likeness (QED) is 0.0235. The number of carbonyl (C=O) groups excluding carboxylic acids is 2. The molecule has 0 spiro atoms. The van der Waals surface area contributed by atoms with Gasteiger partial charge in [0.2, 0.25) is 0 Å². The van der Waals surface area contributed by atoms with Crippen molar-refractivity contribution in [3.05, 3.63) is 24.3 Å². The smallest absolute Gasteiger partial charge is 0.472 e. The van der Waals surface area contributed by atoms with E-state index in [2.05, 4.69) is 42.7 Å². The lowest BCUT2D eigenvalue weighted by atomic mass is 10.0. The number of carbonyl (C=O) groups is 3. The van der Waals surface area contributed by atoms with E-state index in [4.69, 9.17) is 24.8 Å². The highest BCUT2D eigenvalue weighted by Crippen LogP contribution is 2.43. The molecule has 11 nitrogen and oxygen atoms in total. The third-order valence-corrected chi connectivity index (χ3v) is 9.90. The number of esters is 2. The van der Waals surface area contributed by atoms with Crippen molar-refractivity contribution in [2.45, 2.75) is 199 Å². The zero-order valence-electron chi connectivity index (χ0n) is 33.4. The summed E-state index contributed by atoms with van der Waals surface area (Å²) in [6.07, 6.45) is 36.7. The molecule has 0 fully saturated rings. The van der Waals surface area contributed by atoms with Crippen molar-refractivity contribution >= 4 is 25.7 Å². The van der Waals surface area contributed by atoms with Gasteiger partial charge in [0.25, 0.3) is 0 Å². The molecule has 0 aromatic heterocycles. The van der Waals surface area contributed by atoms with Gasteiger partial charge in [-0.15, -0.1) is 0 Å². The second-order valence-corrected chi connectivity index (χ2v) is 15.6. The Morgan fingerprint density at radius 1 is 0.585 bits per heavy atom. The number of carboxylic acid groups (broad SMARTS) is 1. The third-order valence-electron chi connectivity index (χ3n) is 8.95. The molecular weight excluding hydrogens is 697 g/mol. The van der Waals surface area contributed by atoms with E-state index in [1.165, 1.54) is 89.9 Å². The van der Waals surface area contributed by atoms with Crippen molar-refractivity contribution in [3.8, 4) is 0 Å². The van der Waals surface area contributed by atoms with E-state index in [-0.39, 0.29) is 19.4 Å². The van der Waals surface area contributed by atoms with Crippen LogP contribution in [-0.4, -0.2) is 59.9 Å². The van der Waals surface area contributed by atoms with Crippen LogP contribution in [0.4, 0.5) is 0 Å². The molecule has 310 valence electrons. The highest BCUT2D eigenvalue weighted by molar-refractivity contribution is 7.47. The van der Waals surface area contributed by atoms with Crippen LogP contribution in [0.3, 0.4) is 0 Å². The average Bonchev–Trinajstić information content (AvgIpc) is 3.13. The van der Waals surface area contributed by atoms with E-state index in [1.54, 1.807) is 0 Å². The van der Waals surface area contributed by atoms with Crippen LogP contribution in [0.1, 0.15) is 187 Å². The number of phosphoric ester groups is 1. The molecule has 0 saturated heterocycles. The number of ether oxygens (including phenoxy) is 2. The topological polar surface area (TPSA) is 172 Å². The van der Waals surface area contributed by atoms with E-state index in [1.807, 2.05) is 0 Å². The summed E-state index contributed by atoms with van der Waals surface area (Å²) in [5.74, 6) is -2.38. The summed E-state index contributed by atoms with van der Waals surface area (Å²) in [5, 5.41) is 8.87. The van der Waals surface area contributed by atoms with Gasteiger partial charge in [-0.3, -0.25) is 23.4 Å². The summed E-state index contributed by atoms with van der Waals surface area (Å²) in [5.41, 5.74) is 5.32. The summed E-state index contributed by atoms with van der Waals surface area (Å²) in [4.78, 5) is 45.8. The van der Waals surface area contributed by atoms with Crippen LogP contribution in [0.2, 0.25) is 0 Å². The maximum atomic E-state index is 12.6. The first-order chi connectivity index (χ1) is 25.6. The maximum Gasteiger partial charge on any atom is 0.472 e. The summed E-state index contributed by atoms with van der Waals surface area (Å²) in [6, 6.07) is -1.52. The number of nitrogens with two attached hydrogens (primary N) is 1. The lowest BCUT2D eigenvalue weighted by Gasteiger charge is -2.20. The Morgan fingerprint density at radius 3 is 1.51 bits per heavy atom. The van der Waals surface area contributed by atoms with Crippen molar-refractivity contribution in [1.82, 2.24) is 0 Å². The number of allylic oxidation sites excluding steroid dienone is 4. The zero-order chi connectivity index (χ0) is 39.3. The number of hydrogen-bond donors (Lipinski definition) is 3. The Morgan fingerprint density at radius 2 is 1.00 bits per heavy atom. The predicted molar refractivity (Wildman–Crippen MR) is 212 cm³/mol. The molecular formula is C41H76NO10P. The van der Waals surface area contributed by atoms with E-state index < -0.39 is 51.1 Å². The number of hydrogen-bond acceptors (Lipinski definition) is 9. The number of unbranched alkanes of at least 4 members (excludes halogenated alkanes) is 21. The summed E-state index contributed by atoms with van der Waals surface area (Å²) in [7, 11) is -4.71. The first kappa shape index (κ1) is 51.0. The number of aliphatic carboxylic acids is 1. The highest BCUT2D eigenvalue weighted by Gasteiger charge is 2.28. The third kappa shape index (κ3) is 36.7. The average molecular weight is 774 g/mol. The molecule has 0 rings (SSSR count). The van der Waals surface area contributed by atoms with E-state index >= 15 is 0 Å². The van der Waals surface area contributed by atoms with Gasteiger partial charge in [0.05, 0.1) is 13.2 Å². The summed E-state index contributed by atoms with van der Waals surface area (Å²) >= 11 is 0. The van der Waals surface area contributed by atoms with Crippen LogP contribution in [0.5, 0.6) is 0 Å². The normalized spacial score (nSPS) is 14.0. The Bertz CT molecular complexity index is 1010. The largest absolute Gasteiger partial charge is 0.480 e. The molecule has 0 aliphatic heterocycles. The van der Waals surface area contributed by atoms with Gasteiger partial charge in [0.15, 0.2) is 6.10 Å². The van der Waals surface area contributed by atoms with Crippen molar-refractivity contribution in [1.29, 1.82) is 0 Å². The van der Waals surface area contributed by atoms with Crippen LogP contribution < -0.4 is 5.73 Å². The lowest BCUT2D eigenvalue weighted by molar-refractivity contribution is -0.161. The molecule has 1 unspecified atom stereocenters. The van der Waals surface area contributed by atoms with E-state index in [0.29, 0.717) is 12.8 Å². The minimum Gasteiger partial charge on any atom is -0.480 e. The van der Waals surface area contributed by atoms with Crippen LogP contribution in [-0.2, 0) is 37.5 Å². The number of rotatable bonds is 39. The van der Waals surface area contributed by atoms with Gasteiger partial charge in [-0.2, -0.15) is 0 Å². The molecule has 0 aliphatic carbocycles. The number of phosphoric acid groups is 1. The van der Waals surface area contributed by atoms with Crippen LogP contribution in [0.15, 0.2) is 24.3 Å². The van der Waals surface area contributed by atoms with Crippen LogP contribution >= 0.6 is 7.82 Å². The minimum absolute atomic E-state index is 0.155. The molecule has 12 heteroatoms. The maximum absolute atomic E-state index is 12.6. The molecule has 4 N–H and O–H groups in total. The first-order valence-corrected chi connectivity index (χ1v) is 22.4.